The van der Waals surface area contributed by atoms with Gasteiger partial charge in [-0.05, 0) is 38.1 Å². The zero-order chi connectivity index (χ0) is 14.2. The molecule has 3 rings (SSSR count). The van der Waals surface area contributed by atoms with Crippen LogP contribution in [0, 0.1) is 6.92 Å². The Morgan fingerprint density at radius 1 is 1.10 bits per heavy atom. The number of benzene rings is 1. The van der Waals surface area contributed by atoms with Crippen LogP contribution in [0.15, 0.2) is 48.5 Å². The zero-order valence-corrected chi connectivity index (χ0v) is 12.4. The van der Waals surface area contributed by atoms with Gasteiger partial charge < -0.3 is 5.11 Å². The van der Waals surface area contributed by atoms with Gasteiger partial charge in [-0.2, -0.15) is 0 Å². The van der Waals surface area contributed by atoms with Crippen molar-refractivity contribution in [3.05, 3.63) is 64.0 Å². The Hall–Kier alpha value is -1.71. The smallest absolute Gasteiger partial charge is 0.101 e. The fraction of sp³-hybridized carbons (Fsp3) is 0.235. The van der Waals surface area contributed by atoms with Crippen molar-refractivity contribution in [1.29, 1.82) is 0 Å². The van der Waals surface area contributed by atoms with E-state index in [1.165, 1.54) is 4.88 Å². The molecule has 0 aliphatic rings. The number of nitrogens with zero attached hydrogens (tertiary/aromatic N) is 1. The molecule has 2 heterocycles. The van der Waals surface area contributed by atoms with E-state index in [2.05, 4.69) is 18.0 Å². The van der Waals surface area contributed by atoms with Crippen molar-refractivity contribution in [2.24, 2.45) is 0 Å². The summed E-state index contributed by atoms with van der Waals surface area (Å²) in [5.41, 5.74) is 1.02. The van der Waals surface area contributed by atoms with E-state index in [1.54, 1.807) is 11.3 Å². The van der Waals surface area contributed by atoms with Crippen molar-refractivity contribution >= 4 is 22.2 Å². The van der Waals surface area contributed by atoms with Crippen LogP contribution in [0.1, 0.15) is 22.4 Å². The molecule has 0 saturated heterocycles. The molecule has 0 amide bonds. The SMILES string of the molecule is Cc1ccc(C(C)(O)Cc2ccc3ccccc3n2)s1. The van der Waals surface area contributed by atoms with E-state index in [0.29, 0.717) is 6.42 Å². The molecule has 1 unspecified atom stereocenters. The van der Waals surface area contributed by atoms with Gasteiger partial charge in [-0.1, -0.05) is 24.3 Å². The third-order valence-corrected chi connectivity index (χ3v) is 4.71. The minimum absolute atomic E-state index is 0.526. The average Bonchev–Trinajstić information content (AvgIpc) is 2.86. The lowest BCUT2D eigenvalue weighted by molar-refractivity contribution is 0.0605. The minimum atomic E-state index is -0.867. The molecule has 3 heteroatoms. The van der Waals surface area contributed by atoms with Gasteiger partial charge in [-0.25, -0.2) is 0 Å². The van der Waals surface area contributed by atoms with Crippen LogP contribution in [-0.4, -0.2) is 10.1 Å². The highest BCUT2D eigenvalue weighted by molar-refractivity contribution is 7.12. The molecule has 0 aliphatic heterocycles. The number of aryl methyl sites for hydroxylation is 1. The number of aliphatic hydroxyl groups is 1. The summed E-state index contributed by atoms with van der Waals surface area (Å²) in [5.74, 6) is 0. The van der Waals surface area contributed by atoms with E-state index < -0.39 is 5.60 Å². The lowest BCUT2D eigenvalue weighted by Crippen LogP contribution is -2.23. The molecular weight excluding hydrogens is 266 g/mol. The van der Waals surface area contributed by atoms with Crippen molar-refractivity contribution in [2.45, 2.75) is 25.9 Å². The number of aromatic nitrogens is 1. The molecule has 2 nitrogen and oxygen atoms in total. The first-order valence-electron chi connectivity index (χ1n) is 6.68. The normalized spacial score (nSPS) is 14.3. The van der Waals surface area contributed by atoms with Crippen LogP contribution in [0.25, 0.3) is 10.9 Å². The van der Waals surface area contributed by atoms with E-state index in [-0.39, 0.29) is 0 Å². The largest absolute Gasteiger partial charge is 0.384 e. The number of hydrogen-bond acceptors (Lipinski definition) is 3. The highest BCUT2D eigenvalue weighted by atomic mass is 32.1. The number of para-hydroxylation sites is 1. The summed E-state index contributed by atoms with van der Waals surface area (Å²) >= 11 is 1.64. The molecule has 1 aromatic carbocycles. The number of fused-ring (bicyclic) bond motifs is 1. The predicted octanol–water partition coefficient (Wildman–Crippen LogP) is 4.05. The minimum Gasteiger partial charge on any atom is -0.384 e. The summed E-state index contributed by atoms with van der Waals surface area (Å²) in [7, 11) is 0. The molecule has 102 valence electrons. The highest BCUT2D eigenvalue weighted by Crippen LogP contribution is 2.30. The maximum absolute atomic E-state index is 10.7. The first-order chi connectivity index (χ1) is 9.54. The molecule has 20 heavy (non-hydrogen) atoms. The van der Waals surface area contributed by atoms with Crippen LogP contribution in [0.2, 0.25) is 0 Å². The van der Waals surface area contributed by atoms with E-state index in [1.807, 2.05) is 49.4 Å². The van der Waals surface area contributed by atoms with Gasteiger partial charge in [-0.15, -0.1) is 11.3 Å². The molecule has 0 spiro atoms. The van der Waals surface area contributed by atoms with Gasteiger partial charge in [-0.3, -0.25) is 4.98 Å². The summed E-state index contributed by atoms with van der Waals surface area (Å²) in [5, 5.41) is 11.8. The summed E-state index contributed by atoms with van der Waals surface area (Å²) < 4.78 is 0. The quantitative estimate of drug-likeness (QED) is 0.786. The number of thiophene rings is 1. The third kappa shape index (κ3) is 2.60. The highest BCUT2D eigenvalue weighted by Gasteiger charge is 2.25. The van der Waals surface area contributed by atoms with E-state index in [0.717, 1.165) is 21.5 Å². The molecule has 0 saturated carbocycles. The fourth-order valence-corrected chi connectivity index (χ4v) is 3.28. The topological polar surface area (TPSA) is 33.1 Å². The number of pyridine rings is 1. The maximum atomic E-state index is 10.7. The molecule has 0 fully saturated rings. The van der Waals surface area contributed by atoms with Crippen LogP contribution >= 0.6 is 11.3 Å². The Kier molecular flexibility index (Phi) is 3.32. The molecule has 1 N–H and O–H groups in total. The van der Waals surface area contributed by atoms with Crippen LogP contribution in [0.4, 0.5) is 0 Å². The Balaban J connectivity index is 1.92. The van der Waals surface area contributed by atoms with Gasteiger partial charge in [0.2, 0.25) is 0 Å². The van der Waals surface area contributed by atoms with E-state index in [9.17, 15) is 5.11 Å². The Labute approximate surface area is 122 Å². The van der Waals surface area contributed by atoms with Crippen molar-refractivity contribution in [2.75, 3.05) is 0 Å². The predicted molar refractivity (Wildman–Crippen MR) is 84.1 cm³/mol. The van der Waals surface area contributed by atoms with Gasteiger partial charge in [0.25, 0.3) is 0 Å². The Bertz CT molecular complexity index is 745. The second kappa shape index (κ2) is 5.00. The molecule has 1 atom stereocenters. The first kappa shape index (κ1) is 13.3. The second-order valence-corrected chi connectivity index (χ2v) is 6.64. The summed E-state index contributed by atoms with van der Waals surface area (Å²) in [4.78, 5) is 6.84. The van der Waals surface area contributed by atoms with Crippen LogP contribution in [-0.2, 0) is 12.0 Å². The van der Waals surface area contributed by atoms with Crippen molar-refractivity contribution in [3.8, 4) is 0 Å². The van der Waals surface area contributed by atoms with Crippen LogP contribution in [0.5, 0.6) is 0 Å². The monoisotopic (exact) mass is 283 g/mol. The lowest BCUT2D eigenvalue weighted by Gasteiger charge is -2.21. The van der Waals surface area contributed by atoms with E-state index >= 15 is 0 Å². The molecule has 3 aromatic rings. The van der Waals surface area contributed by atoms with Gasteiger partial charge in [0.15, 0.2) is 0 Å². The Morgan fingerprint density at radius 2 is 1.90 bits per heavy atom. The van der Waals surface area contributed by atoms with Crippen molar-refractivity contribution in [3.63, 3.8) is 0 Å². The molecule has 2 aromatic heterocycles. The first-order valence-corrected chi connectivity index (χ1v) is 7.50. The fourth-order valence-electron chi connectivity index (χ4n) is 2.37. The molecular formula is C17H17NOS. The Morgan fingerprint density at radius 3 is 2.65 bits per heavy atom. The van der Waals surface area contributed by atoms with Gasteiger partial charge in [0, 0.05) is 27.3 Å². The van der Waals surface area contributed by atoms with Gasteiger partial charge >= 0.3 is 0 Å². The summed E-state index contributed by atoms with van der Waals surface area (Å²) in [6.07, 6.45) is 0.526. The molecule has 0 aliphatic carbocycles. The second-order valence-electron chi connectivity index (χ2n) is 5.36. The van der Waals surface area contributed by atoms with Crippen molar-refractivity contribution in [1.82, 2.24) is 4.98 Å². The van der Waals surface area contributed by atoms with Gasteiger partial charge in [0.1, 0.15) is 5.60 Å². The standard InChI is InChI=1S/C17H17NOS/c1-12-7-10-16(20-12)17(2,19)11-14-9-8-13-5-3-4-6-15(13)18-14/h3-10,19H,11H2,1-2H3. The molecule has 0 bridgehead atoms. The van der Waals surface area contributed by atoms with Crippen molar-refractivity contribution < 1.29 is 5.11 Å². The van der Waals surface area contributed by atoms with Crippen LogP contribution in [0.3, 0.4) is 0 Å². The van der Waals surface area contributed by atoms with Crippen LogP contribution < -0.4 is 0 Å². The summed E-state index contributed by atoms with van der Waals surface area (Å²) in [6.45, 7) is 3.91. The molecule has 0 radical (unpaired) electrons. The van der Waals surface area contributed by atoms with E-state index in [4.69, 9.17) is 0 Å². The lowest BCUT2D eigenvalue weighted by atomic mass is 9.97. The average molecular weight is 283 g/mol. The number of rotatable bonds is 3. The third-order valence-electron chi connectivity index (χ3n) is 3.45. The maximum Gasteiger partial charge on any atom is 0.101 e. The zero-order valence-electron chi connectivity index (χ0n) is 11.6. The number of hydrogen-bond donors (Lipinski definition) is 1. The summed E-state index contributed by atoms with van der Waals surface area (Å²) in [6, 6.07) is 16.2. The van der Waals surface area contributed by atoms with Gasteiger partial charge in [0.05, 0.1) is 5.52 Å².